The van der Waals surface area contributed by atoms with Gasteiger partial charge in [0.25, 0.3) is 0 Å². The SMILES string of the molecule is CCNc1ncccc1CSc1cc(C)cc(C)n1. The van der Waals surface area contributed by atoms with Crippen LogP contribution in [0.2, 0.25) is 0 Å². The minimum Gasteiger partial charge on any atom is -0.370 e. The molecule has 100 valence electrons. The first-order chi connectivity index (χ1) is 9.19. The van der Waals surface area contributed by atoms with Crippen molar-refractivity contribution in [2.45, 2.75) is 31.6 Å². The summed E-state index contributed by atoms with van der Waals surface area (Å²) in [5.41, 5.74) is 3.55. The van der Waals surface area contributed by atoms with E-state index in [0.29, 0.717) is 0 Å². The van der Waals surface area contributed by atoms with Crippen LogP contribution in [0.15, 0.2) is 35.5 Å². The molecule has 0 aliphatic rings. The molecule has 0 saturated carbocycles. The molecular weight excluding hydrogens is 254 g/mol. The highest BCUT2D eigenvalue weighted by molar-refractivity contribution is 7.98. The van der Waals surface area contributed by atoms with Crippen LogP contribution in [0.5, 0.6) is 0 Å². The fraction of sp³-hybridized carbons (Fsp3) is 0.333. The van der Waals surface area contributed by atoms with Gasteiger partial charge >= 0.3 is 0 Å². The van der Waals surface area contributed by atoms with Gasteiger partial charge in [-0.05, 0) is 44.5 Å². The summed E-state index contributed by atoms with van der Waals surface area (Å²) in [4.78, 5) is 8.92. The summed E-state index contributed by atoms with van der Waals surface area (Å²) in [6.45, 7) is 7.10. The summed E-state index contributed by atoms with van der Waals surface area (Å²) in [7, 11) is 0. The molecule has 19 heavy (non-hydrogen) atoms. The van der Waals surface area contributed by atoms with Crippen LogP contribution in [-0.2, 0) is 5.75 Å². The molecule has 0 atom stereocenters. The number of anilines is 1. The van der Waals surface area contributed by atoms with Crippen LogP contribution in [0.1, 0.15) is 23.7 Å². The maximum atomic E-state index is 4.55. The molecule has 1 N–H and O–H groups in total. The molecule has 2 heterocycles. The number of hydrogen-bond acceptors (Lipinski definition) is 4. The van der Waals surface area contributed by atoms with Crippen LogP contribution in [0.4, 0.5) is 5.82 Å². The third kappa shape index (κ3) is 3.96. The van der Waals surface area contributed by atoms with E-state index in [2.05, 4.69) is 47.3 Å². The van der Waals surface area contributed by atoms with E-state index in [9.17, 15) is 0 Å². The number of nitrogens with one attached hydrogen (secondary N) is 1. The summed E-state index contributed by atoms with van der Waals surface area (Å²) >= 11 is 1.75. The van der Waals surface area contributed by atoms with Gasteiger partial charge in [-0.25, -0.2) is 9.97 Å². The average Bonchev–Trinajstić information content (AvgIpc) is 2.37. The van der Waals surface area contributed by atoms with Crippen LogP contribution < -0.4 is 5.32 Å². The number of aromatic nitrogens is 2. The first kappa shape index (κ1) is 13.9. The zero-order valence-corrected chi connectivity index (χ0v) is 12.4. The molecule has 2 aromatic heterocycles. The Balaban J connectivity index is 2.09. The van der Waals surface area contributed by atoms with Gasteiger partial charge in [0.2, 0.25) is 0 Å². The number of aryl methyl sites for hydroxylation is 2. The summed E-state index contributed by atoms with van der Waals surface area (Å²) in [6, 6.07) is 8.31. The van der Waals surface area contributed by atoms with Gasteiger partial charge in [-0.3, -0.25) is 0 Å². The van der Waals surface area contributed by atoms with Crippen molar-refractivity contribution in [2.24, 2.45) is 0 Å². The first-order valence-corrected chi connectivity index (χ1v) is 7.43. The van der Waals surface area contributed by atoms with Crippen LogP contribution in [0.3, 0.4) is 0 Å². The van der Waals surface area contributed by atoms with Crippen molar-refractivity contribution >= 4 is 17.6 Å². The van der Waals surface area contributed by atoms with Crippen LogP contribution in [0, 0.1) is 13.8 Å². The van der Waals surface area contributed by atoms with E-state index in [1.165, 1.54) is 11.1 Å². The van der Waals surface area contributed by atoms with Crippen molar-refractivity contribution in [3.63, 3.8) is 0 Å². The normalized spacial score (nSPS) is 10.5. The van der Waals surface area contributed by atoms with Crippen molar-refractivity contribution in [1.29, 1.82) is 0 Å². The number of pyridine rings is 2. The lowest BCUT2D eigenvalue weighted by Crippen LogP contribution is -2.02. The molecule has 0 radical (unpaired) electrons. The van der Waals surface area contributed by atoms with Gasteiger partial charge in [-0.1, -0.05) is 6.07 Å². The van der Waals surface area contributed by atoms with Crippen molar-refractivity contribution in [3.8, 4) is 0 Å². The van der Waals surface area contributed by atoms with E-state index < -0.39 is 0 Å². The predicted molar refractivity (Wildman–Crippen MR) is 81.7 cm³/mol. The Labute approximate surface area is 118 Å². The van der Waals surface area contributed by atoms with Gasteiger partial charge in [0.1, 0.15) is 5.82 Å². The molecule has 0 spiro atoms. The molecule has 0 aliphatic carbocycles. The van der Waals surface area contributed by atoms with Crippen molar-refractivity contribution in [2.75, 3.05) is 11.9 Å². The molecule has 0 fully saturated rings. The maximum absolute atomic E-state index is 4.55. The van der Waals surface area contributed by atoms with Gasteiger partial charge in [0, 0.05) is 29.8 Å². The first-order valence-electron chi connectivity index (χ1n) is 6.45. The molecular formula is C15H19N3S. The molecule has 0 aromatic carbocycles. The lowest BCUT2D eigenvalue weighted by Gasteiger charge is -2.09. The molecule has 3 nitrogen and oxygen atoms in total. The second-order valence-corrected chi connectivity index (χ2v) is 5.45. The smallest absolute Gasteiger partial charge is 0.129 e. The Kier molecular flexibility index (Phi) is 4.80. The standard InChI is InChI=1S/C15H19N3S/c1-4-16-15-13(6-5-7-17-15)10-19-14-9-11(2)8-12(3)18-14/h5-9H,4,10H2,1-3H3,(H,16,17). The zero-order chi connectivity index (χ0) is 13.7. The third-order valence-corrected chi connectivity index (χ3v) is 3.65. The average molecular weight is 273 g/mol. The number of thioether (sulfide) groups is 1. The van der Waals surface area contributed by atoms with Crippen molar-refractivity contribution < 1.29 is 0 Å². The molecule has 4 heteroatoms. The Morgan fingerprint density at radius 3 is 2.84 bits per heavy atom. The fourth-order valence-corrected chi connectivity index (χ4v) is 2.93. The summed E-state index contributed by atoms with van der Waals surface area (Å²) < 4.78 is 0. The largest absolute Gasteiger partial charge is 0.370 e. The Morgan fingerprint density at radius 2 is 2.11 bits per heavy atom. The summed E-state index contributed by atoms with van der Waals surface area (Å²) in [6.07, 6.45) is 1.82. The van der Waals surface area contributed by atoms with Crippen molar-refractivity contribution in [1.82, 2.24) is 9.97 Å². The Hall–Kier alpha value is -1.55. The number of rotatable bonds is 5. The third-order valence-electron chi connectivity index (χ3n) is 2.69. The minimum absolute atomic E-state index is 0.881. The molecule has 2 aromatic rings. The highest BCUT2D eigenvalue weighted by Crippen LogP contribution is 2.25. The molecule has 0 bridgehead atoms. The summed E-state index contributed by atoms with van der Waals surface area (Å²) in [5.74, 6) is 1.85. The predicted octanol–water partition coefficient (Wildman–Crippen LogP) is 3.82. The number of nitrogens with zero attached hydrogens (tertiary/aromatic N) is 2. The highest BCUT2D eigenvalue weighted by atomic mass is 32.2. The van der Waals surface area contributed by atoms with E-state index in [0.717, 1.165) is 28.8 Å². The fourth-order valence-electron chi connectivity index (χ4n) is 1.91. The number of hydrogen-bond donors (Lipinski definition) is 1. The maximum Gasteiger partial charge on any atom is 0.129 e. The Bertz CT molecular complexity index is 535. The van der Waals surface area contributed by atoms with Crippen LogP contribution >= 0.6 is 11.8 Å². The topological polar surface area (TPSA) is 37.8 Å². The van der Waals surface area contributed by atoms with Gasteiger partial charge < -0.3 is 5.32 Å². The lowest BCUT2D eigenvalue weighted by molar-refractivity contribution is 1.04. The monoisotopic (exact) mass is 273 g/mol. The van der Waals surface area contributed by atoms with Gasteiger partial charge in [-0.2, -0.15) is 0 Å². The lowest BCUT2D eigenvalue weighted by atomic mass is 10.3. The van der Waals surface area contributed by atoms with E-state index in [-0.39, 0.29) is 0 Å². The van der Waals surface area contributed by atoms with E-state index in [1.54, 1.807) is 11.8 Å². The van der Waals surface area contributed by atoms with Gasteiger partial charge in [-0.15, -0.1) is 11.8 Å². The second-order valence-electron chi connectivity index (χ2n) is 4.45. The minimum atomic E-state index is 0.881. The molecule has 2 rings (SSSR count). The van der Waals surface area contributed by atoms with E-state index in [1.807, 2.05) is 19.2 Å². The molecule has 0 unspecified atom stereocenters. The van der Waals surface area contributed by atoms with Gasteiger partial charge in [0.05, 0.1) is 5.03 Å². The van der Waals surface area contributed by atoms with Gasteiger partial charge in [0.15, 0.2) is 0 Å². The van der Waals surface area contributed by atoms with E-state index in [4.69, 9.17) is 0 Å². The van der Waals surface area contributed by atoms with E-state index >= 15 is 0 Å². The molecule has 0 amide bonds. The Morgan fingerprint density at radius 1 is 1.26 bits per heavy atom. The quantitative estimate of drug-likeness (QED) is 0.840. The zero-order valence-electron chi connectivity index (χ0n) is 11.6. The summed E-state index contributed by atoms with van der Waals surface area (Å²) in [5, 5.41) is 4.36. The molecule has 0 saturated heterocycles. The highest BCUT2D eigenvalue weighted by Gasteiger charge is 2.04. The van der Waals surface area contributed by atoms with Crippen molar-refractivity contribution in [3.05, 3.63) is 47.3 Å². The molecule has 0 aliphatic heterocycles. The second kappa shape index (κ2) is 6.57. The van der Waals surface area contributed by atoms with Crippen LogP contribution in [-0.4, -0.2) is 16.5 Å². The van der Waals surface area contributed by atoms with Crippen LogP contribution in [0.25, 0.3) is 0 Å².